The highest BCUT2D eigenvalue weighted by molar-refractivity contribution is 5.89. The number of aliphatic carboxylic acids is 2. The minimum Gasteiger partial charge on any atom is -0.481 e. The third-order valence-electron chi connectivity index (χ3n) is 1.68. The molecule has 0 aliphatic carbocycles. The van der Waals surface area contributed by atoms with Gasteiger partial charge in [-0.25, -0.2) is 4.79 Å². The first kappa shape index (κ1) is 14.3. The van der Waals surface area contributed by atoms with E-state index in [0.29, 0.717) is 0 Å². The van der Waals surface area contributed by atoms with E-state index in [-0.39, 0.29) is 6.61 Å². The van der Waals surface area contributed by atoms with Crippen LogP contribution in [0.4, 0.5) is 0 Å². The number of nitrogens with one attached hydrogen (secondary N) is 1. The van der Waals surface area contributed by atoms with Crippen LogP contribution in [0.2, 0.25) is 0 Å². The maximum atomic E-state index is 11.2. The zero-order valence-electron chi connectivity index (χ0n) is 8.67. The molecule has 0 aliphatic rings. The van der Waals surface area contributed by atoms with Crippen LogP contribution in [0.15, 0.2) is 0 Å². The van der Waals surface area contributed by atoms with Crippen molar-refractivity contribution in [2.24, 2.45) is 5.73 Å². The third kappa shape index (κ3) is 5.27. The second-order valence-electron chi connectivity index (χ2n) is 3.06. The summed E-state index contributed by atoms with van der Waals surface area (Å²) in [4.78, 5) is 32.1. The Morgan fingerprint density at radius 2 is 1.94 bits per heavy atom. The number of hydrogen-bond donors (Lipinski definition) is 4. The maximum absolute atomic E-state index is 11.2. The van der Waals surface area contributed by atoms with Gasteiger partial charge in [0.1, 0.15) is 0 Å². The summed E-state index contributed by atoms with van der Waals surface area (Å²) >= 11 is 0. The van der Waals surface area contributed by atoms with Crippen LogP contribution in [-0.2, 0) is 19.1 Å². The average Bonchev–Trinajstić information content (AvgIpc) is 2.15. The topological polar surface area (TPSA) is 139 Å². The second-order valence-corrected chi connectivity index (χ2v) is 3.06. The lowest BCUT2D eigenvalue weighted by molar-refractivity contribution is -0.144. The summed E-state index contributed by atoms with van der Waals surface area (Å²) in [6.07, 6.45) is -0.564. The van der Waals surface area contributed by atoms with Crippen molar-refractivity contribution in [2.45, 2.75) is 18.5 Å². The molecule has 1 amide bonds. The van der Waals surface area contributed by atoms with E-state index in [1.807, 2.05) is 0 Å². The largest absolute Gasteiger partial charge is 0.481 e. The number of carboxylic acids is 2. The number of hydrogen-bond acceptors (Lipinski definition) is 5. The molecule has 0 aromatic rings. The SMILES string of the molecule is COC[C@H](NC(=O)C(N)CC(=O)O)C(=O)O. The minimum atomic E-state index is -1.28. The number of rotatable bonds is 7. The standard InChI is InChI=1S/C8H14N2O6/c1-16-3-5(8(14)15)10-7(13)4(9)2-6(11)12/h4-5H,2-3,9H2,1H3,(H,10,13)(H,11,12)(H,14,15)/t4?,5-/m0/s1. The molecule has 0 bridgehead atoms. The number of carboxylic acid groups (broad SMARTS) is 2. The van der Waals surface area contributed by atoms with Gasteiger partial charge in [0.15, 0.2) is 6.04 Å². The van der Waals surface area contributed by atoms with Crippen molar-refractivity contribution in [2.75, 3.05) is 13.7 Å². The number of nitrogens with two attached hydrogens (primary N) is 1. The summed E-state index contributed by atoms with van der Waals surface area (Å²) < 4.78 is 4.57. The lowest BCUT2D eigenvalue weighted by atomic mass is 10.2. The Labute approximate surface area is 91.4 Å². The van der Waals surface area contributed by atoms with E-state index in [9.17, 15) is 14.4 Å². The Balaban J connectivity index is 4.28. The number of carbonyl (C=O) groups is 3. The Morgan fingerprint density at radius 1 is 1.38 bits per heavy atom. The maximum Gasteiger partial charge on any atom is 0.328 e. The van der Waals surface area contributed by atoms with Crippen LogP contribution in [0.5, 0.6) is 0 Å². The molecule has 0 fully saturated rings. The van der Waals surface area contributed by atoms with Crippen molar-refractivity contribution in [3.8, 4) is 0 Å². The van der Waals surface area contributed by atoms with Gasteiger partial charge in [0.05, 0.1) is 19.1 Å². The van der Waals surface area contributed by atoms with Gasteiger partial charge < -0.3 is 26.0 Å². The van der Waals surface area contributed by atoms with Gasteiger partial charge in [-0.2, -0.15) is 0 Å². The van der Waals surface area contributed by atoms with Crippen molar-refractivity contribution in [3.05, 3.63) is 0 Å². The molecule has 1 unspecified atom stereocenters. The Kier molecular flexibility index (Phi) is 6.04. The quantitative estimate of drug-likeness (QED) is 0.399. The summed E-state index contributed by atoms with van der Waals surface area (Å²) in [5.74, 6) is -3.36. The van der Waals surface area contributed by atoms with Crippen molar-refractivity contribution >= 4 is 17.8 Å². The van der Waals surface area contributed by atoms with Crippen LogP contribution in [0.25, 0.3) is 0 Å². The highest BCUT2D eigenvalue weighted by Crippen LogP contribution is 1.92. The van der Waals surface area contributed by atoms with Crippen LogP contribution < -0.4 is 11.1 Å². The fourth-order valence-electron chi connectivity index (χ4n) is 0.901. The van der Waals surface area contributed by atoms with E-state index >= 15 is 0 Å². The molecule has 0 saturated carbocycles. The molecular weight excluding hydrogens is 220 g/mol. The molecule has 2 atom stereocenters. The van der Waals surface area contributed by atoms with Gasteiger partial charge in [0.25, 0.3) is 0 Å². The average molecular weight is 234 g/mol. The van der Waals surface area contributed by atoms with Gasteiger partial charge >= 0.3 is 11.9 Å². The van der Waals surface area contributed by atoms with Crippen LogP contribution in [-0.4, -0.2) is 53.9 Å². The van der Waals surface area contributed by atoms with Crippen LogP contribution >= 0.6 is 0 Å². The molecule has 0 heterocycles. The van der Waals surface area contributed by atoms with Gasteiger partial charge in [-0.15, -0.1) is 0 Å². The molecule has 0 aromatic heterocycles. The highest BCUT2D eigenvalue weighted by Gasteiger charge is 2.24. The Bertz CT molecular complexity index is 280. The van der Waals surface area contributed by atoms with E-state index in [4.69, 9.17) is 15.9 Å². The molecule has 0 aliphatic heterocycles. The second kappa shape index (κ2) is 6.75. The fraction of sp³-hybridized carbons (Fsp3) is 0.625. The molecular formula is C8H14N2O6. The summed E-state index contributed by atoms with van der Waals surface area (Å²) in [7, 11) is 1.28. The molecule has 8 nitrogen and oxygen atoms in total. The first-order valence-corrected chi connectivity index (χ1v) is 4.38. The van der Waals surface area contributed by atoms with E-state index in [1.54, 1.807) is 0 Å². The first-order valence-electron chi connectivity index (χ1n) is 4.38. The predicted octanol–water partition coefficient (Wildman–Crippen LogP) is -2.00. The number of carbonyl (C=O) groups excluding carboxylic acids is 1. The van der Waals surface area contributed by atoms with Gasteiger partial charge in [0.2, 0.25) is 5.91 Å². The molecule has 0 aromatic carbocycles. The normalized spacial score (nSPS) is 13.9. The zero-order chi connectivity index (χ0) is 12.7. The molecule has 0 radical (unpaired) electrons. The molecule has 0 saturated heterocycles. The van der Waals surface area contributed by atoms with E-state index in [2.05, 4.69) is 10.1 Å². The molecule has 92 valence electrons. The van der Waals surface area contributed by atoms with E-state index in [1.165, 1.54) is 7.11 Å². The van der Waals surface area contributed by atoms with E-state index in [0.717, 1.165) is 0 Å². The summed E-state index contributed by atoms with van der Waals surface area (Å²) in [6, 6.07) is -2.52. The van der Waals surface area contributed by atoms with Crippen molar-refractivity contribution in [1.82, 2.24) is 5.32 Å². The van der Waals surface area contributed by atoms with Gasteiger partial charge in [-0.05, 0) is 0 Å². The Morgan fingerprint density at radius 3 is 2.31 bits per heavy atom. The van der Waals surface area contributed by atoms with Crippen molar-refractivity contribution in [3.63, 3.8) is 0 Å². The van der Waals surface area contributed by atoms with Gasteiger partial charge in [-0.1, -0.05) is 0 Å². The van der Waals surface area contributed by atoms with Gasteiger partial charge in [-0.3, -0.25) is 9.59 Å². The molecule has 5 N–H and O–H groups in total. The highest BCUT2D eigenvalue weighted by atomic mass is 16.5. The van der Waals surface area contributed by atoms with Crippen molar-refractivity contribution < 1.29 is 29.3 Å². The molecule has 0 rings (SSSR count). The molecule has 8 heteroatoms. The predicted molar refractivity (Wildman–Crippen MR) is 51.7 cm³/mol. The number of ether oxygens (including phenoxy) is 1. The lowest BCUT2D eigenvalue weighted by Gasteiger charge is -2.16. The number of methoxy groups -OCH3 is 1. The summed E-state index contributed by atoms with van der Waals surface area (Å²) in [5, 5.41) is 19.1. The smallest absolute Gasteiger partial charge is 0.328 e. The number of amides is 1. The monoisotopic (exact) mass is 234 g/mol. The zero-order valence-corrected chi connectivity index (χ0v) is 8.67. The lowest BCUT2D eigenvalue weighted by Crippen LogP contribution is -2.50. The fourth-order valence-corrected chi connectivity index (χ4v) is 0.901. The van der Waals surface area contributed by atoms with Crippen LogP contribution in [0.1, 0.15) is 6.42 Å². The first-order chi connectivity index (χ1) is 7.38. The summed E-state index contributed by atoms with van der Waals surface area (Å²) in [6.45, 7) is -0.221. The molecule has 0 spiro atoms. The molecule has 16 heavy (non-hydrogen) atoms. The van der Waals surface area contributed by atoms with Crippen molar-refractivity contribution in [1.29, 1.82) is 0 Å². The minimum absolute atomic E-state index is 0.221. The van der Waals surface area contributed by atoms with Crippen LogP contribution in [0.3, 0.4) is 0 Å². The summed E-state index contributed by atoms with van der Waals surface area (Å²) in [5.41, 5.74) is 5.24. The van der Waals surface area contributed by atoms with E-state index < -0.39 is 36.4 Å². The van der Waals surface area contributed by atoms with Crippen LogP contribution in [0, 0.1) is 0 Å². The third-order valence-corrected chi connectivity index (χ3v) is 1.68. The van der Waals surface area contributed by atoms with Gasteiger partial charge in [0, 0.05) is 7.11 Å². The Hall–Kier alpha value is -1.67.